The maximum absolute atomic E-state index is 11.6. The molecule has 0 unspecified atom stereocenters. The molecule has 106 valence electrons. The van der Waals surface area contributed by atoms with Crippen LogP contribution in [0, 0.1) is 0 Å². The van der Waals surface area contributed by atoms with Gasteiger partial charge in [-0.25, -0.2) is 8.42 Å². The lowest BCUT2D eigenvalue weighted by atomic mass is 10.3. The number of carbonyl (C=O) groups is 1. The van der Waals surface area contributed by atoms with E-state index in [0.717, 1.165) is 12.7 Å². The molecule has 0 bridgehead atoms. The van der Waals surface area contributed by atoms with E-state index in [0.29, 0.717) is 12.3 Å². The van der Waals surface area contributed by atoms with E-state index in [1.165, 1.54) is 12.1 Å². The first kappa shape index (κ1) is 15.5. The minimum Gasteiger partial charge on any atom is -0.481 e. The number of nitrogens with one attached hydrogen (secondary N) is 1. The number of sulfone groups is 1. The SMILES string of the molecule is CCCNC(=O)[C@@H](C)Oc1ccc(S(C)(=O)=O)cc1. The van der Waals surface area contributed by atoms with Crippen LogP contribution in [0.2, 0.25) is 0 Å². The predicted molar refractivity (Wildman–Crippen MR) is 72.9 cm³/mol. The van der Waals surface area contributed by atoms with Crippen LogP contribution >= 0.6 is 0 Å². The van der Waals surface area contributed by atoms with E-state index in [1.54, 1.807) is 19.1 Å². The summed E-state index contributed by atoms with van der Waals surface area (Å²) in [5.41, 5.74) is 0. The van der Waals surface area contributed by atoms with Crippen LogP contribution in [0.4, 0.5) is 0 Å². The highest BCUT2D eigenvalue weighted by atomic mass is 32.2. The Hall–Kier alpha value is -1.56. The van der Waals surface area contributed by atoms with Crippen LogP contribution in [-0.4, -0.2) is 33.2 Å². The molecular formula is C13H19NO4S. The zero-order chi connectivity index (χ0) is 14.5. The van der Waals surface area contributed by atoms with E-state index in [1.807, 2.05) is 6.92 Å². The second-order valence-corrected chi connectivity index (χ2v) is 6.31. The molecular weight excluding hydrogens is 266 g/mol. The van der Waals surface area contributed by atoms with E-state index in [-0.39, 0.29) is 10.8 Å². The summed E-state index contributed by atoms with van der Waals surface area (Å²) >= 11 is 0. The van der Waals surface area contributed by atoms with Crippen molar-refractivity contribution in [3.05, 3.63) is 24.3 Å². The summed E-state index contributed by atoms with van der Waals surface area (Å²) in [5, 5.41) is 2.73. The number of hydrogen-bond acceptors (Lipinski definition) is 4. The Balaban J connectivity index is 2.65. The van der Waals surface area contributed by atoms with E-state index < -0.39 is 15.9 Å². The number of ether oxygens (including phenoxy) is 1. The summed E-state index contributed by atoms with van der Waals surface area (Å²) in [6.45, 7) is 4.23. The Bertz CT molecular complexity index is 522. The molecule has 0 aliphatic carbocycles. The van der Waals surface area contributed by atoms with Gasteiger partial charge in [-0.3, -0.25) is 4.79 Å². The van der Waals surface area contributed by atoms with E-state index in [9.17, 15) is 13.2 Å². The van der Waals surface area contributed by atoms with Crippen LogP contribution in [-0.2, 0) is 14.6 Å². The molecule has 5 nitrogen and oxygen atoms in total. The van der Waals surface area contributed by atoms with Gasteiger partial charge in [0.2, 0.25) is 0 Å². The summed E-state index contributed by atoms with van der Waals surface area (Å²) < 4.78 is 28.0. The Morgan fingerprint density at radius 2 is 1.89 bits per heavy atom. The van der Waals surface area contributed by atoms with Crippen molar-refractivity contribution in [1.82, 2.24) is 5.32 Å². The molecule has 1 aromatic carbocycles. The number of rotatable bonds is 6. The van der Waals surface area contributed by atoms with Gasteiger partial charge in [-0.15, -0.1) is 0 Å². The number of benzene rings is 1. The molecule has 1 N–H and O–H groups in total. The van der Waals surface area contributed by atoms with E-state index in [4.69, 9.17) is 4.74 Å². The lowest BCUT2D eigenvalue weighted by Gasteiger charge is -2.14. The van der Waals surface area contributed by atoms with Crippen molar-refractivity contribution in [3.8, 4) is 5.75 Å². The highest BCUT2D eigenvalue weighted by molar-refractivity contribution is 7.90. The number of amides is 1. The molecule has 0 saturated carbocycles. The van der Waals surface area contributed by atoms with Gasteiger partial charge >= 0.3 is 0 Å². The Morgan fingerprint density at radius 1 is 1.32 bits per heavy atom. The molecule has 0 fully saturated rings. The maximum atomic E-state index is 11.6. The molecule has 0 aliphatic heterocycles. The molecule has 0 radical (unpaired) electrons. The molecule has 1 atom stereocenters. The third-order valence-electron chi connectivity index (χ3n) is 2.48. The van der Waals surface area contributed by atoms with Crippen molar-refractivity contribution in [2.24, 2.45) is 0 Å². The van der Waals surface area contributed by atoms with Crippen molar-refractivity contribution >= 4 is 15.7 Å². The van der Waals surface area contributed by atoms with Crippen molar-refractivity contribution in [2.75, 3.05) is 12.8 Å². The van der Waals surface area contributed by atoms with Gasteiger partial charge in [0.05, 0.1) is 4.90 Å². The zero-order valence-electron chi connectivity index (χ0n) is 11.3. The predicted octanol–water partition coefficient (Wildman–Crippen LogP) is 1.38. The summed E-state index contributed by atoms with van der Waals surface area (Å²) in [6, 6.07) is 6.00. The lowest BCUT2D eigenvalue weighted by Crippen LogP contribution is -2.36. The Kier molecular flexibility index (Phi) is 5.35. The molecule has 1 rings (SSSR count). The normalized spacial score (nSPS) is 12.8. The highest BCUT2D eigenvalue weighted by Crippen LogP contribution is 2.17. The Morgan fingerprint density at radius 3 is 2.37 bits per heavy atom. The smallest absolute Gasteiger partial charge is 0.260 e. The van der Waals surface area contributed by atoms with Crippen molar-refractivity contribution in [1.29, 1.82) is 0 Å². The monoisotopic (exact) mass is 285 g/mol. The first-order valence-electron chi connectivity index (χ1n) is 6.09. The van der Waals surface area contributed by atoms with Crippen LogP contribution < -0.4 is 10.1 Å². The van der Waals surface area contributed by atoms with Gasteiger partial charge in [0.25, 0.3) is 5.91 Å². The molecule has 0 aliphatic rings. The average molecular weight is 285 g/mol. The van der Waals surface area contributed by atoms with Crippen LogP contribution in [0.5, 0.6) is 5.75 Å². The standard InChI is InChI=1S/C13H19NO4S/c1-4-9-14-13(15)10(2)18-11-5-7-12(8-6-11)19(3,16)17/h5-8,10H,4,9H2,1-3H3,(H,14,15)/t10-/m1/s1. The third kappa shape index (κ3) is 4.90. The summed E-state index contributed by atoms with van der Waals surface area (Å²) in [7, 11) is -3.21. The van der Waals surface area contributed by atoms with Crippen molar-refractivity contribution < 1.29 is 17.9 Å². The maximum Gasteiger partial charge on any atom is 0.260 e. The quantitative estimate of drug-likeness (QED) is 0.857. The van der Waals surface area contributed by atoms with Gasteiger partial charge in [-0.1, -0.05) is 6.92 Å². The zero-order valence-corrected chi connectivity index (χ0v) is 12.2. The van der Waals surface area contributed by atoms with E-state index in [2.05, 4.69) is 5.32 Å². The summed E-state index contributed by atoms with van der Waals surface area (Å²) in [6.07, 6.45) is 1.39. The van der Waals surface area contributed by atoms with Crippen LogP contribution in [0.25, 0.3) is 0 Å². The van der Waals surface area contributed by atoms with Crippen molar-refractivity contribution in [3.63, 3.8) is 0 Å². The molecule has 1 amide bonds. The average Bonchev–Trinajstić information content (AvgIpc) is 2.35. The molecule has 0 saturated heterocycles. The minimum absolute atomic E-state index is 0.186. The van der Waals surface area contributed by atoms with Crippen LogP contribution in [0.3, 0.4) is 0 Å². The fourth-order valence-electron chi connectivity index (χ4n) is 1.41. The lowest BCUT2D eigenvalue weighted by molar-refractivity contribution is -0.127. The van der Waals surface area contributed by atoms with Gasteiger partial charge in [0.1, 0.15) is 5.75 Å². The van der Waals surface area contributed by atoms with E-state index >= 15 is 0 Å². The number of carbonyl (C=O) groups excluding carboxylic acids is 1. The van der Waals surface area contributed by atoms with Gasteiger partial charge in [0, 0.05) is 12.8 Å². The van der Waals surface area contributed by atoms with Crippen LogP contribution in [0.1, 0.15) is 20.3 Å². The summed E-state index contributed by atoms with van der Waals surface area (Å²) in [5.74, 6) is 0.278. The van der Waals surface area contributed by atoms with Gasteiger partial charge in [-0.2, -0.15) is 0 Å². The van der Waals surface area contributed by atoms with Crippen LogP contribution in [0.15, 0.2) is 29.2 Å². The molecule has 0 heterocycles. The van der Waals surface area contributed by atoms with Gasteiger partial charge in [0.15, 0.2) is 15.9 Å². The molecule has 0 aromatic heterocycles. The molecule has 0 spiro atoms. The fourth-order valence-corrected chi connectivity index (χ4v) is 2.05. The highest BCUT2D eigenvalue weighted by Gasteiger charge is 2.14. The summed E-state index contributed by atoms with van der Waals surface area (Å²) in [4.78, 5) is 11.8. The topological polar surface area (TPSA) is 72.5 Å². The minimum atomic E-state index is -3.21. The molecule has 6 heteroatoms. The second-order valence-electron chi connectivity index (χ2n) is 4.29. The first-order valence-corrected chi connectivity index (χ1v) is 7.98. The first-order chi connectivity index (χ1) is 8.84. The Labute approximate surface area is 113 Å². The van der Waals surface area contributed by atoms with Gasteiger partial charge in [-0.05, 0) is 37.6 Å². The van der Waals surface area contributed by atoms with Crippen molar-refractivity contribution in [2.45, 2.75) is 31.3 Å². The van der Waals surface area contributed by atoms with Gasteiger partial charge < -0.3 is 10.1 Å². The molecule has 19 heavy (non-hydrogen) atoms. The third-order valence-corrected chi connectivity index (χ3v) is 3.61. The second kappa shape index (κ2) is 6.56. The number of hydrogen-bond donors (Lipinski definition) is 1. The molecule has 1 aromatic rings. The fraction of sp³-hybridized carbons (Fsp3) is 0.462. The largest absolute Gasteiger partial charge is 0.481 e.